The number of allylic oxidation sites excluding steroid dienone is 1. The van der Waals surface area contributed by atoms with Gasteiger partial charge in [0.15, 0.2) is 5.83 Å². The number of thioether (sulfide) groups is 1. The largest absolute Gasteiger partial charge is 0.301 e. The maximum Gasteiger partial charge on any atom is 0.301 e. The van der Waals surface area contributed by atoms with E-state index >= 15 is 0 Å². The van der Waals surface area contributed by atoms with E-state index in [-0.39, 0.29) is 12.2 Å². The van der Waals surface area contributed by atoms with Gasteiger partial charge in [-0.1, -0.05) is 0 Å². The lowest BCUT2D eigenvalue weighted by Gasteiger charge is -1.95. The summed E-state index contributed by atoms with van der Waals surface area (Å²) in [6.07, 6.45) is 0.696. The highest BCUT2D eigenvalue weighted by Gasteiger charge is 2.04. The molecule has 0 atom stereocenters. The first-order valence-electron chi connectivity index (χ1n) is 3.51. The number of rotatable bonds is 4. The maximum absolute atomic E-state index is 12.2. The Morgan fingerprint density at radius 2 is 2.23 bits per heavy atom. The minimum atomic E-state index is -2.23. The molecule has 72 valence electrons. The smallest absolute Gasteiger partial charge is 0.285 e. The van der Waals surface area contributed by atoms with Gasteiger partial charge in [-0.05, 0) is 0 Å². The SMILES string of the molecule is FC(F)=C(F)CCSc1cn[nH]c1. The summed E-state index contributed by atoms with van der Waals surface area (Å²) < 4.78 is 35.4. The Morgan fingerprint density at radius 1 is 1.46 bits per heavy atom. The van der Waals surface area contributed by atoms with E-state index < -0.39 is 11.9 Å². The van der Waals surface area contributed by atoms with Crippen LogP contribution in [0.1, 0.15) is 6.42 Å². The van der Waals surface area contributed by atoms with Crippen molar-refractivity contribution in [2.45, 2.75) is 11.3 Å². The summed E-state index contributed by atoms with van der Waals surface area (Å²) in [6.45, 7) is 0. The van der Waals surface area contributed by atoms with Crippen LogP contribution in [0.25, 0.3) is 0 Å². The van der Waals surface area contributed by atoms with Gasteiger partial charge in [-0.25, -0.2) is 4.39 Å². The van der Waals surface area contributed by atoms with Gasteiger partial charge in [0, 0.05) is 23.3 Å². The third-order valence-corrected chi connectivity index (χ3v) is 2.23. The number of aromatic amines is 1. The van der Waals surface area contributed by atoms with Crippen molar-refractivity contribution in [1.82, 2.24) is 10.2 Å². The maximum atomic E-state index is 12.2. The van der Waals surface area contributed by atoms with E-state index in [1.165, 1.54) is 11.8 Å². The molecular formula is C7H7F3N2S. The van der Waals surface area contributed by atoms with Crippen molar-refractivity contribution in [2.75, 3.05) is 5.75 Å². The Hall–Kier alpha value is -0.910. The van der Waals surface area contributed by atoms with Gasteiger partial charge in [-0.3, -0.25) is 5.10 Å². The molecule has 0 radical (unpaired) electrons. The average Bonchev–Trinajstić information content (AvgIpc) is 2.56. The molecule has 0 aromatic carbocycles. The van der Waals surface area contributed by atoms with E-state index in [0.29, 0.717) is 0 Å². The molecule has 0 saturated carbocycles. The zero-order valence-corrected chi connectivity index (χ0v) is 7.37. The topological polar surface area (TPSA) is 28.7 Å². The van der Waals surface area contributed by atoms with Gasteiger partial charge < -0.3 is 0 Å². The molecule has 1 rings (SSSR count). The number of nitrogens with one attached hydrogen (secondary N) is 1. The zero-order chi connectivity index (χ0) is 9.68. The molecule has 0 spiro atoms. The van der Waals surface area contributed by atoms with Crippen LogP contribution in [0.4, 0.5) is 13.2 Å². The molecule has 2 nitrogen and oxygen atoms in total. The normalized spacial score (nSPS) is 10.1. The summed E-state index contributed by atoms with van der Waals surface area (Å²) in [5.74, 6) is -1.06. The predicted molar refractivity (Wildman–Crippen MR) is 44.3 cm³/mol. The Kier molecular flexibility index (Phi) is 3.88. The molecule has 0 aliphatic rings. The van der Waals surface area contributed by atoms with Crippen molar-refractivity contribution in [3.8, 4) is 0 Å². The first-order chi connectivity index (χ1) is 6.20. The van der Waals surface area contributed by atoms with Gasteiger partial charge in [-0.15, -0.1) is 11.8 Å². The number of H-pyrrole nitrogens is 1. The third kappa shape index (κ3) is 3.54. The van der Waals surface area contributed by atoms with Crippen LogP contribution in [0.2, 0.25) is 0 Å². The van der Waals surface area contributed by atoms with E-state index in [1.807, 2.05) is 0 Å². The van der Waals surface area contributed by atoms with Gasteiger partial charge in [0.2, 0.25) is 0 Å². The van der Waals surface area contributed by atoms with Crippen molar-refractivity contribution < 1.29 is 13.2 Å². The standard InChI is InChI=1S/C7H7F3N2S/c8-6(7(9)10)1-2-13-5-3-11-12-4-5/h3-4H,1-2H2,(H,11,12). The molecule has 1 aromatic heterocycles. The van der Waals surface area contributed by atoms with Gasteiger partial charge in [0.1, 0.15) is 0 Å². The fraction of sp³-hybridized carbons (Fsp3) is 0.286. The summed E-state index contributed by atoms with van der Waals surface area (Å²) in [7, 11) is 0. The van der Waals surface area contributed by atoms with Crippen LogP contribution in [0.3, 0.4) is 0 Å². The van der Waals surface area contributed by atoms with Crippen molar-refractivity contribution in [3.05, 3.63) is 24.3 Å². The number of aromatic nitrogens is 2. The molecule has 1 aromatic rings. The number of halogens is 3. The molecule has 0 amide bonds. The van der Waals surface area contributed by atoms with Crippen molar-refractivity contribution in [3.63, 3.8) is 0 Å². The second-order valence-electron chi connectivity index (χ2n) is 2.20. The molecule has 0 aliphatic heterocycles. The van der Waals surface area contributed by atoms with Crippen molar-refractivity contribution in [2.24, 2.45) is 0 Å². The molecule has 0 bridgehead atoms. The highest BCUT2D eigenvalue weighted by atomic mass is 32.2. The Morgan fingerprint density at radius 3 is 2.77 bits per heavy atom. The highest BCUT2D eigenvalue weighted by Crippen LogP contribution is 2.21. The lowest BCUT2D eigenvalue weighted by atomic mass is 10.4. The van der Waals surface area contributed by atoms with Crippen molar-refractivity contribution in [1.29, 1.82) is 0 Å². The summed E-state index contributed by atoms with van der Waals surface area (Å²) >= 11 is 1.27. The van der Waals surface area contributed by atoms with Crippen LogP contribution >= 0.6 is 11.8 Å². The Bertz CT molecular complexity index is 280. The van der Waals surface area contributed by atoms with Crippen LogP contribution in [0, 0.1) is 0 Å². The Labute approximate surface area is 77.2 Å². The van der Waals surface area contributed by atoms with Crippen molar-refractivity contribution >= 4 is 11.8 Å². The molecule has 0 aliphatic carbocycles. The second kappa shape index (κ2) is 4.96. The number of hydrogen-bond donors (Lipinski definition) is 1. The first-order valence-corrected chi connectivity index (χ1v) is 4.50. The van der Waals surface area contributed by atoms with Gasteiger partial charge in [0.05, 0.1) is 6.20 Å². The second-order valence-corrected chi connectivity index (χ2v) is 3.37. The Balaban J connectivity index is 2.26. The molecule has 1 N–H and O–H groups in total. The molecule has 0 saturated heterocycles. The molecule has 13 heavy (non-hydrogen) atoms. The summed E-state index contributed by atoms with van der Waals surface area (Å²) in [6, 6.07) is 0. The fourth-order valence-electron chi connectivity index (χ4n) is 0.671. The van der Waals surface area contributed by atoms with Gasteiger partial charge >= 0.3 is 6.08 Å². The molecule has 1 heterocycles. The van der Waals surface area contributed by atoms with E-state index in [4.69, 9.17) is 0 Å². The fourth-order valence-corrected chi connectivity index (χ4v) is 1.45. The van der Waals surface area contributed by atoms with E-state index in [0.717, 1.165) is 4.90 Å². The van der Waals surface area contributed by atoms with Crippen LogP contribution in [-0.4, -0.2) is 16.0 Å². The number of hydrogen-bond acceptors (Lipinski definition) is 2. The third-order valence-electron chi connectivity index (χ3n) is 1.27. The lowest BCUT2D eigenvalue weighted by Crippen LogP contribution is -1.81. The van der Waals surface area contributed by atoms with Crippen LogP contribution in [0.15, 0.2) is 29.2 Å². The lowest BCUT2D eigenvalue weighted by molar-refractivity contribution is 0.373. The summed E-state index contributed by atoms with van der Waals surface area (Å²) in [4.78, 5) is 0.812. The minimum absolute atomic E-state index is 0.252. The minimum Gasteiger partial charge on any atom is -0.285 e. The quantitative estimate of drug-likeness (QED) is 0.770. The molecular weight excluding hydrogens is 201 g/mol. The van der Waals surface area contributed by atoms with E-state index in [2.05, 4.69) is 10.2 Å². The van der Waals surface area contributed by atoms with Gasteiger partial charge in [-0.2, -0.15) is 13.9 Å². The number of nitrogens with zero attached hydrogens (tertiary/aromatic N) is 1. The highest BCUT2D eigenvalue weighted by molar-refractivity contribution is 7.99. The molecule has 0 fully saturated rings. The average molecular weight is 208 g/mol. The van der Waals surface area contributed by atoms with E-state index in [1.54, 1.807) is 12.4 Å². The van der Waals surface area contributed by atoms with Gasteiger partial charge in [0.25, 0.3) is 0 Å². The molecule has 6 heteroatoms. The predicted octanol–water partition coefficient (Wildman–Crippen LogP) is 2.97. The zero-order valence-electron chi connectivity index (χ0n) is 6.56. The van der Waals surface area contributed by atoms with Crippen LogP contribution < -0.4 is 0 Å². The molecule has 0 unspecified atom stereocenters. The first kappa shape index (κ1) is 10.2. The van der Waals surface area contributed by atoms with Crippen LogP contribution in [-0.2, 0) is 0 Å². The summed E-state index contributed by atoms with van der Waals surface area (Å²) in [5.41, 5.74) is 0. The monoisotopic (exact) mass is 208 g/mol. The van der Waals surface area contributed by atoms with E-state index in [9.17, 15) is 13.2 Å². The van der Waals surface area contributed by atoms with Crippen LogP contribution in [0.5, 0.6) is 0 Å². The summed E-state index contributed by atoms with van der Waals surface area (Å²) in [5, 5.41) is 6.22.